The summed E-state index contributed by atoms with van der Waals surface area (Å²) in [7, 11) is 0. The second-order valence-electron chi connectivity index (χ2n) is 5.44. The van der Waals surface area contributed by atoms with Crippen molar-refractivity contribution in [2.45, 2.75) is 13.8 Å². The van der Waals surface area contributed by atoms with E-state index in [1.807, 2.05) is 19.9 Å². The zero-order valence-corrected chi connectivity index (χ0v) is 14.4. The Morgan fingerprint density at radius 1 is 1.22 bits per heavy atom. The normalized spacial score (nSPS) is 15.5. The Balaban J connectivity index is 1.88. The van der Waals surface area contributed by atoms with Gasteiger partial charge in [0.25, 0.3) is 0 Å². The SMILES string of the molecule is Cc1noc(C)c1-c1cc2nc(Cl)nc(N3CCOCC3)c2s1. The molecule has 0 aromatic carbocycles. The molecule has 1 aliphatic heterocycles. The molecule has 1 saturated heterocycles. The number of thiophene rings is 1. The van der Waals surface area contributed by atoms with Crippen molar-refractivity contribution in [2.24, 2.45) is 0 Å². The van der Waals surface area contributed by atoms with E-state index >= 15 is 0 Å². The Morgan fingerprint density at radius 3 is 2.70 bits per heavy atom. The minimum atomic E-state index is 0.266. The Bertz CT molecular complexity index is 850. The lowest BCUT2D eigenvalue weighted by Gasteiger charge is -2.28. The lowest BCUT2D eigenvalue weighted by atomic mass is 10.1. The highest BCUT2D eigenvalue weighted by atomic mass is 35.5. The van der Waals surface area contributed by atoms with Crippen LogP contribution in [-0.4, -0.2) is 41.4 Å². The van der Waals surface area contributed by atoms with Gasteiger partial charge in [0.15, 0.2) is 5.82 Å². The third kappa shape index (κ3) is 2.58. The van der Waals surface area contributed by atoms with Gasteiger partial charge in [-0.25, -0.2) is 4.98 Å². The molecule has 8 heteroatoms. The topological polar surface area (TPSA) is 64.3 Å². The maximum absolute atomic E-state index is 6.13. The van der Waals surface area contributed by atoms with E-state index in [-0.39, 0.29) is 5.28 Å². The molecule has 3 aromatic heterocycles. The average Bonchev–Trinajstić information content (AvgIpc) is 3.10. The van der Waals surface area contributed by atoms with Crippen molar-refractivity contribution < 1.29 is 9.26 Å². The predicted molar refractivity (Wildman–Crippen MR) is 90.4 cm³/mol. The summed E-state index contributed by atoms with van der Waals surface area (Å²) in [5, 5.41) is 4.30. The molecule has 4 heterocycles. The largest absolute Gasteiger partial charge is 0.378 e. The number of anilines is 1. The van der Waals surface area contributed by atoms with Crippen LogP contribution in [0.2, 0.25) is 5.28 Å². The highest BCUT2D eigenvalue weighted by Crippen LogP contribution is 2.40. The molecule has 1 fully saturated rings. The van der Waals surface area contributed by atoms with Crippen molar-refractivity contribution in [2.75, 3.05) is 31.2 Å². The smallest absolute Gasteiger partial charge is 0.224 e. The third-order valence-corrected chi connectivity index (χ3v) is 5.22. The van der Waals surface area contributed by atoms with E-state index in [0.29, 0.717) is 13.2 Å². The van der Waals surface area contributed by atoms with E-state index in [2.05, 4.69) is 20.0 Å². The Labute approximate surface area is 142 Å². The highest BCUT2D eigenvalue weighted by Gasteiger charge is 2.21. The summed E-state index contributed by atoms with van der Waals surface area (Å²) in [5.74, 6) is 1.69. The first-order valence-electron chi connectivity index (χ1n) is 7.36. The van der Waals surface area contributed by atoms with E-state index in [1.165, 1.54) is 0 Å². The summed E-state index contributed by atoms with van der Waals surface area (Å²) in [5.41, 5.74) is 2.75. The summed E-state index contributed by atoms with van der Waals surface area (Å²) in [6, 6.07) is 2.03. The standard InChI is InChI=1S/C15H15ClN4O2S/c1-8-12(9(2)22-19-8)11-7-10-13(23-11)14(18-15(16)17-10)20-3-5-21-6-4-20/h7H,3-6H2,1-2H3. The van der Waals surface area contributed by atoms with Crippen LogP contribution in [0.15, 0.2) is 10.6 Å². The summed E-state index contributed by atoms with van der Waals surface area (Å²) in [6.45, 7) is 6.87. The van der Waals surface area contributed by atoms with Gasteiger partial charge in [0.2, 0.25) is 5.28 Å². The number of rotatable bonds is 2. The van der Waals surface area contributed by atoms with Crippen molar-refractivity contribution in [3.63, 3.8) is 0 Å². The molecule has 120 valence electrons. The van der Waals surface area contributed by atoms with Gasteiger partial charge in [0.05, 0.1) is 34.7 Å². The molecule has 0 unspecified atom stereocenters. The molecule has 0 N–H and O–H groups in total. The van der Waals surface area contributed by atoms with Gasteiger partial charge in [0, 0.05) is 18.0 Å². The quantitative estimate of drug-likeness (QED) is 0.659. The van der Waals surface area contributed by atoms with Gasteiger partial charge in [-0.15, -0.1) is 11.3 Å². The molecule has 0 saturated carbocycles. The van der Waals surface area contributed by atoms with Gasteiger partial charge >= 0.3 is 0 Å². The van der Waals surface area contributed by atoms with E-state index in [4.69, 9.17) is 20.9 Å². The molecule has 0 amide bonds. The average molecular weight is 351 g/mol. The van der Waals surface area contributed by atoms with Gasteiger partial charge < -0.3 is 14.2 Å². The second-order valence-corrected chi connectivity index (χ2v) is 6.83. The number of hydrogen-bond acceptors (Lipinski definition) is 7. The maximum Gasteiger partial charge on any atom is 0.224 e. The number of fused-ring (bicyclic) bond motifs is 1. The summed E-state index contributed by atoms with van der Waals surface area (Å²) in [6.07, 6.45) is 0. The minimum Gasteiger partial charge on any atom is -0.378 e. The van der Waals surface area contributed by atoms with Crippen LogP contribution >= 0.6 is 22.9 Å². The van der Waals surface area contributed by atoms with Crippen LogP contribution in [0.4, 0.5) is 5.82 Å². The Morgan fingerprint density at radius 2 is 2.00 bits per heavy atom. The van der Waals surface area contributed by atoms with Crippen LogP contribution in [0.25, 0.3) is 20.7 Å². The Kier molecular flexibility index (Phi) is 3.71. The van der Waals surface area contributed by atoms with Gasteiger partial charge in [-0.1, -0.05) is 5.16 Å². The van der Waals surface area contributed by atoms with E-state index in [1.54, 1.807) is 11.3 Å². The third-order valence-electron chi connectivity index (χ3n) is 3.92. The van der Waals surface area contributed by atoms with Crippen LogP contribution in [0.1, 0.15) is 11.5 Å². The number of halogens is 1. The minimum absolute atomic E-state index is 0.266. The van der Waals surface area contributed by atoms with E-state index in [9.17, 15) is 0 Å². The molecule has 23 heavy (non-hydrogen) atoms. The number of aryl methyl sites for hydroxylation is 2. The first-order chi connectivity index (χ1) is 11.1. The van der Waals surface area contributed by atoms with Gasteiger partial charge in [-0.2, -0.15) is 4.98 Å². The van der Waals surface area contributed by atoms with Gasteiger partial charge in [-0.3, -0.25) is 0 Å². The molecule has 0 radical (unpaired) electrons. The molecule has 1 aliphatic rings. The second kappa shape index (κ2) is 5.74. The molecule has 0 aliphatic carbocycles. The summed E-state index contributed by atoms with van der Waals surface area (Å²) >= 11 is 7.78. The fourth-order valence-corrected chi connectivity index (χ4v) is 4.26. The van der Waals surface area contributed by atoms with Crippen LogP contribution in [-0.2, 0) is 4.74 Å². The van der Waals surface area contributed by atoms with Crippen molar-refractivity contribution in [1.29, 1.82) is 0 Å². The summed E-state index contributed by atoms with van der Waals surface area (Å²) in [4.78, 5) is 12.1. The van der Waals surface area contributed by atoms with Crippen molar-refractivity contribution in [3.05, 3.63) is 22.8 Å². The van der Waals surface area contributed by atoms with Crippen LogP contribution in [0.5, 0.6) is 0 Å². The number of ether oxygens (including phenoxy) is 1. The van der Waals surface area contributed by atoms with Gasteiger partial charge in [0.1, 0.15) is 5.76 Å². The predicted octanol–water partition coefficient (Wildman–Crippen LogP) is 3.45. The molecule has 0 atom stereocenters. The van der Waals surface area contributed by atoms with E-state index in [0.717, 1.165) is 51.0 Å². The van der Waals surface area contributed by atoms with Crippen molar-refractivity contribution in [3.8, 4) is 10.4 Å². The zero-order chi connectivity index (χ0) is 16.0. The summed E-state index contributed by atoms with van der Waals surface area (Å²) < 4.78 is 11.7. The molecular formula is C15H15ClN4O2S. The van der Waals surface area contributed by atoms with E-state index < -0.39 is 0 Å². The fourth-order valence-electron chi connectivity index (χ4n) is 2.83. The monoisotopic (exact) mass is 350 g/mol. The van der Waals surface area contributed by atoms with Crippen LogP contribution in [0, 0.1) is 13.8 Å². The number of aromatic nitrogens is 3. The lowest BCUT2D eigenvalue weighted by molar-refractivity contribution is 0.122. The molecule has 6 nitrogen and oxygen atoms in total. The van der Waals surface area contributed by atoms with Crippen molar-refractivity contribution >= 4 is 39.0 Å². The number of hydrogen-bond donors (Lipinski definition) is 0. The maximum atomic E-state index is 6.13. The first-order valence-corrected chi connectivity index (χ1v) is 8.56. The molecular weight excluding hydrogens is 336 g/mol. The fraction of sp³-hybridized carbons (Fsp3) is 0.400. The number of nitrogens with zero attached hydrogens (tertiary/aromatic N) is 4. The van der Waals surface area contributed by atoms with Gasteiger partial charge in [-0.05, 0) is 31.5 Å². The molecule has 0 bridgehead atoms. The highest BCUT2D eigenvalue weighted by molar-refractivity contribution is 7.22. The lowest BCUT2D eigenvalue weighted by Crippen LogP contribution is -2.36. The zero-order valence-electron chi connectivity index (χ0n) is 12.8. The molecule has 3 aromatic rings. The Hall–Kier alpha value is -1.70. The number of morpholine rings is 1. The van der Waals surface area contributed by atoms with Crippen LogP contribution < -0.4 is 4.90 Å². The molecule has 0 spiro atoms. The van der Waals surface area contributed by atoms with Crippen LogP contribution in [0.3, 0.4) is 0 Å². The molecule has 4 rings (SSSR count). The first kappa shape index (κ1) is 14.9. The van der Waals surface area contributed by atoms with Crippen molar-refractivity contribution in [1.82, 2.24) is 15.1 Å².